The van der Waals surface area contributed by atoms with Crippen LogP contribution in [0.2, 0.25) is 0 Å². The van der Waals surface area contributed by atoms with Gasteiger partial charge in [0.1, 0.15) is 12.4 Å². The van der Waals surface area contributed by atoms with E-state index in [4.69, 9.17) is 11.2 Å². The minimum absolute atomic E-state index is 0.0267. The molecule has 2 aromatic heterocycles. The van der Waals surface area contributed by atoms with Crippen molar-refractivity contribution >= 4 is 10.8 Å². The molecule has 5 heteroatoms. The molecule has 0 bridgehead atoms. The number of ether oxygens (including phenoxy) is 1. The Bertz CT molecular complexity index is 1060. The molecule has 0 unspecified atom stereocenters. The number of piperidine rings is 1. The molecule has 142 valence electrons. The standard InChI is InChI=1S/C23H23N3O2/c1-2-12-28-20-5-3-4-17(13-20)16-26-10-7-18(8-11-26)22-14-19-15-24-9-6-21(19)23(27)25-22/h1,3-6,9,13-15,18H,7-8,10-12,16H2,(H,25,27). The molecule has 0 amide bonds. The van der Waals surface area contributed by atoms with E-state index in [-0.39, 0.29) is 12.2 Å². The number of benzene rings is 1. The van der Waals surface area contributed by atoms with Crippen LogP contribution in [0.1, 0.15) is 30.0 Å². The van der Waals surface area contributed by atoms with Gasteiger partial charge < -0.3 is 9.72 Å². The maximum atomic E-state index is 12.3. The number of hydrogen-bond donors (Lipinski definition) is 1. The first kappa shape index (κ1) is 18.3. The van der Waals surface area contributed by atoms with E-state index in [1.54, 1.807) is 18.5 Å². The maximum absolute atomic E-state index is 12.3. The van der Waals surface area contributed by atoms with Crippen molar-refractivity contribution in [3.63, 3.8) is 0 Å². The van der Waals surface area contributed by atoms with E-state index < -0.39 is 0 Å². The molecule has 0 atom stereocenters. The molecule has 0 spiro atoms. The van der Waals surface area contributed by atoms with Crippen LogP contribution in [-0.4, -0.2) is 34.6 Å². The Kier molecular flexibility index (Phi) is 5.41. The van der Waals surface area contributed by atoms with Gasteiger partial charge in [-0.1, -0.05) is 18.1 Å². The summed E-state index contributed by atoms with van der Waals surface area (Å²) < 4.78 is 5.51. The number of fused-ring (bicyclic) bond motifs is 1. The van der Waals surface area contributed by atoms with Crippen LogP contribution < -0.4 is 10.3 Å². The predicted octanol–water partition coefficient (Wildman–Crippen LogP) is 3.31. The summed E-state index contributed by atoms with van der Waals surface area (Å²) in [4.78, 5) is 22.0. The van der Waals surface area contributed by atoms with Crippen molar-refractivity contribution in [2.75, 3.05) is 19.7 Å². The zero-order chi connectivity index (χ0) is 19.3. The van der Waals surface area contributed by atoms with Crippen molar-refractivity contribution in [2.45, 2.75) is 25.3 Å². The second-order valence-corrected chi connectivity index (χ2v) is 7.21. The Morgan fingerprint density at radius 2 is 2.11 bits per heavy atom. The number of nitrogens with zero attached hydrogens (tertiary/aromatic N) is 2. The third-order valence-electron chi connectivity index (χ3n) is 5.32. The molecular formula is C23H23N3O2. The van der Waals surface area contributed by atoms with Gasteiger partial charge in [0.2, 0.25) is 0 Å². The highest BCUT2D eigenvalue weighted by atomic mass is 16.5. The van der Waals surface area contributed by atoms with Gasteiger partial charge in [0.05, 0.1) is 5.39 Å². The fourth-order valence-electron chi connectivity index (χ4n) is 3.87. The van der Waals surface area contributed by atoms with Gasteiger partial charge in [-0.05, 0) is 55.8 Å². The maximum Gasteiger partial charge on any atom is 0.256 e. The first-order chi connectivity index (χ1) is 13.7. The molecule has 0 aliphatic carbocycles. The van der Waals surface area contributed by atoms with E-state index in [1.165, 1.54) is 5.56 Å². The Morgan fingerprint density at radius 3 is 2.93 bits per heavy atom. The zero-order valence-electron chi connectivity index (χ0n) is 15.7. The fourth-order valence-corrected chi connectivity index (χ4v) is 3.87. The first-order valence-electron chi connectivity index (χ1n) is 9.57. The molecule has 4 rings (SSSR count). The molecule has 3 aromatic rings. The van der Waals surface area contributed by atoms with Gasteiger partial charge >= 0.3 is 0 Å². The van der Waals surface area contributed by atoms with Crippen LogP contribution in [0.5, 0.6) is 5.75 Å². The van der Waals surface area contributed by atoms with Gasteiger partial charge in [-0.25, -0.2) is 0 Å². The van der Waals surface area contributed by atoms with E-state index >= 15 is 0 Å². The highest BCUT2D eigenvalue weighted by Gasteiger charge is 2.22. The number of terminal acetylenes is 1. The quantitative estimate of drug-likeness (QED) is 0.697. The number of aromatic nitrogens is 2. The fraction of sp³-hybridized carbons (Fsp3) is 0.304. The van der Waals surface area contributed by atoms with Crippen LogP contribution >= 0.6 is 0 Å². The van der Waals surface area contributed by atoms with Crippen LogP contribution in [0, 0.1) is 12.3 Å². The minimum Gasteiger partial charge on any atom is -0.481 e. The third kappa shape index (κ3) is 4.08. The Balaban J connectivity index is 1.40. The van der Waals surface area contributed by atoms with E-state index in [1.807, 2.05) is 12.1 Å². The number of pyridine rings is 2. The lowest BCUT2D eigenvalue weighted by Gasteiger charge is -2.32. The van der Waals surface area contributed by atoms with Crippen molar-refractivity contribution in [2.24, 2.45) is 0 Å². The SMILES string of the molecule is C#CCOc1cccc(CN2CCC(c3cc4cnccc4c(=O)[nH]3)CC2)c1. The summed E-state index contributed by atoms with van der Waals surface area (Å²) in [6.45, 7) is 3.16. The van der Waals surface area contributed by atoms with E-state index in [0.717, 1.165) is 49.3 Å². The summed E-state index contributed by atoms with van der Waals surface area (Å²) in [6, 6.07) is 11.9. The van der Waals surface area contributed by atoms with Crippen molar-refractivity contribution in [3.8, 4) is 18.1 Å². The Hall–Kier alpha value is -3.10. The Morgan fingerprint density at radius 1 is 1.25 bits per heavy atom. The molecular weight excluding hydrogens is 350 g/mol. The molecule has 1 aliphatic heterocycles. The van der Waals surface area contributed by atoms with Crippen LogP contribution in [0.15, 0.2) is 53.6 Å². The number of rotatable bonds is 5. The van der Waals surface area contributed by atoms with Gasteiger partial charge in [-0.2, -0.15) is 0 Å². The van der Waals surface area contributed by atoms with E-state index in [2.05, 4.69) is 39.0 Å². The highest BCUT2D eigenvalue weighted by Crippen LogP contribution is 2.28. The third-order valence-corrected chi connectivity index (χ3v) is 5.32. The summed E-state index contributed by atoms with van der Waals surface area (Å²) in [5, 5.41) is 1.61. The number of hydrogen-bond acceptors (Lipinski definition) is 4. The summed E-state index contributed by atoms with van der Waals surface area (Å²) in [5.74, 6) is 3.68. The predicted molar refractivity (Wildman–Crippen MR) is 110 cm³/mol. The normalized spacial score (nSPS) is 15.4. The molecule has 3 heterocycles. The lowest BCUT2D eigenvalue weighted by molar-refractivity contribution is 0.203. The van der Waals surface area contributed by atoms with Crippen LogP contribution in [0.25, 0.3) is 10.8 Å². The van der Waals surface area contributed by atoms with Crippen LogP contribution in [0.3, 0.4) is 0 Å². The highest BCUT2D eigenvalue weighted by molar-refractivity contribution is 5.80. The molecule has 1 saturated heterocycles. The largest absolute Gasteiger partial charge is 0.481 e. The summed E-state index contributed by atoms with van der Waals surface area (Å²) >= 11 is 0. The average Bonchev–Trinajstić information content (AvgIpc) is 2.73. The van der Waals surface area contributed by atoms with Crippen molar-refractivity contribution in [1.82, 2.24) is 14.9 Å². The van der Waals surface area contributed by atoms with Crippen LogP contribution in [-0.2, 0) is 6.54 Å². The molecule has 5 nitrogen and oxygen atoms in total. The monoisotopic (exact) mass is 373 g/mol. The second-order valence-electron chi connectivity index (χ2n) is 7.21. The summed E-state index contributed by atoms with van der Waals surface area (Å²) in [5.41, 5.74) is 2.22. The van der Waals surface area contributed by atoms with Crippen molar-refractivity contribution < 1.29 is 4.74 Å². The lowest BCUT2D eigenvalue weighted by Crippen LogP contribution is -2.33. The van der Waals surface area contributed by atoms with Crippen molar-refractivity contribution in [1.29, 1.82) is 0 Å². The number of nitrogens with one attached hydrogen (secondary N) is 1. The molecule has 1 aromatic carbocycles. The minimum atomic E-state index is -0.0267. The topological polar surface area (TPSA) is 58.2 Å². The first-order valence-corrected chi connectivity index (χ1v) is 9.57. The molecule has 0 saturated carbocycles. The van der Waals surface area contributed by atoms with E-state index in [0.29, 0.717) is 11.3 Å². The average molecular weight is 373 g/mol. The van der Waals surface area contributed by atoms with Crippen molar-refractivity contribution in [3.05, 3.63) is 70.4 Å². The molecule has 28 heavy (non-hydrogen) atoms. The number of aromatic amines is 1. The van der Waals surface area contributed by atoms with E-state index in [9.17, 15) is 4.79 Å². The van der Waals surface area contributed by atoms with Crippen LogP contribution in [0.4, 0.5) is 0 Å². The molecule has 1 N–H and O–H groups in total. The molecule has 1 aliphatic rings. The lowest BCUT2D eigenvalue weighted by atomic mass is 9.92. The smallest absolute Gasteiger partial charge is 0.256 e. The second kappa shape index (κ2) is 8.28. The molecule has 0 radical (unpaired) electrons. The van der Waals surface area contributed by atoms with Gasteiger partial charge in [0.15, 0.2) is 0 Å². The number of likely N-dealkylation sites (tertiary alicyclic amines) is 1. The van der Waals surface area contributed by atoms with Gasteiger partial charge in [0.25, 0.3) is 5.56 Å². The number of H-pyrrole nitrogens is 1. The van der Waals surface area contributed by atoms with Gasteiger partial charge in [-0.3, -0.25) is 14.7 Å². The Labute approximate surface area is 164 Å². The summed E-state index contributed by atoms with van der Waals surface area (Å²) in [7, 11) is 0. The molecule has 1 fully saturated rings. The summed E-state index contributed by atoms with van der Waals surface area (Å²) in [6.07, 6.45) is 10.7. The van der Waals surface area contributed by atoms with Gasteiger partial charge in [0, 0.05) is 35.9 Å². The zero-order valence-corrected chi connectivity index (χ0v) is 15.7. The van der Waals surface area contributed by atoms with Gasteiger partial charge in [-0.15, -0.1) is 6.42 Å².